The molecule has 0 aromatic heterocycles. The number of carbonyl (C=O) groups excluding carboxylic acids is 4. The van der Waals surface area contributed by atoms with Gasteiger partial charge in [0.2, 0.25) is 0 Å². The summed E-state index contributed by atoms with van der Waals surface area (Å²) in [6.07, 6.45) is -0.824. The third kappa shape index (κ3) is 2.31. The van der Waals surface area contributed by atoms with E-state index in [0.29, 0.717) is 0 Å². The van der Waals surface area contributed by atoms with Crippen molar-refractivity contribution in [2.75, 3.05) is 14.2 Å². The monoisotopic (exact) mass is 412 g/mol. The van der Waals surface area contributed by atoms with Gasteiger partial charge < -0.3 is 19.3 Å². The lowest BCUT2D eigenvalue weighted by Crippen LogP contribution is -2.46. The van der Waals surface area contributed by atoms with Gasteiger partial charge in [0.05, 0.1) is 32.0 Å². The lowest BCUT2D eigenvalue weighted by Gasteiger charge is -2.39. The normalized spacial score (nSPS) is 33.7. The van der Waals surface area contributed by atoms with Crippen LogP contribution in [0.2, 0.25) is 0 Å². The zero-order valence-electron chi connectivity index (χ0n) is 16.4. The van der Waals surface area contributed by atoms with Gasteiger partial charge in [0.1, 0.15) is 17.6 Å². The minimum Gasteiger partial charge on any atom is -0.507 e. The first-order chi connectivity index (χ1) is 14.4. The minimum atomic E-state index is -0.849. The largest absolute Gasteiger partial charge is 0.507 e. The van der Waals surface area contributed by atoms with Gasteiger partial charge in [0, 0.05) is 17.4 Å². The van der Waals surface area contributed by atoms with E-state index in [0.717, 1.165) is 11.1 Å². The van der Waals surface area contributed by atoms with Gasteiger partial charge in [-0.2, -0.15) is 0 Å². The molecule has 6 atom stereocenters. The van der Waals surface area contributed by atoms with Gasteiger partial charge in [-0.1, -0.05) is 12.1 Å². The SMILES string of the molecule is COC(=O)[C@@H]1[C@H](C(=O)OC)[C@H]2O[C@@H]1C1=C2CC2C(=O)c3c(O)cccc3C(=O)C2C1. The van der Waals surface area contributed by atoms with Crippen molar-refractivity contribution >= 4 is 23.5 Å². The van der Waals surface area contributed by atoms with Crippen molar-refractivity contribution in [1.82, 2.24) is 0 Å². The number of Topliss-reactive ketones (excluding diaryl/α,β-unsaturated/α-hetero) is 2. The summed E-state index contributed by atoms with van der Waals surface area (Å²) < 4.78 is 15.8. The summed E-state index contributed by atoms with van der Waals surface area (Å²) in [7, 11) is 2.50. The van der Waals surface area contributed by atoms with Crippen molar-refractivity contribution in [2.24, 2.45) is 23.7 Å². The van der Waals surface area contributed by atoms with E-state index in [-0.39, 0.29) is 41.3 Å². The van der Waals surface area contributed by atoms with Gasteiger partial charge in [-0.05, 0) is 30.1 Å². The highest BCUT2D eigenvalue weighted by Gasteiger charge is 2.62. The number of carbonyl (C=O) groups is 4. The first-order valence-electron chi connectivity index (χ1n) is 9.82. The number of esters is 2. The van der Waals surface area contributed by atoms with E-state index in [4.69, 9.17) is 14.2 Å². The smallest absolute Gasteiger partial charge is 0.312 e. The van der Waals surface area contributed by atoms with E-state index in [1.54, 1.807) is 12.1 Å². The van der Waals surface area contributed by atoms with Gasteiger partial charge in [-0.3, -0.25) is 19.2 Å². The second kappa shape index (κ2) is 6.50. The molecule has 1 aromatic rings. The fourth-order valence-corrected chi connectivity index (χ4v) is 5.67. The van der Waals surface area contributed by atoms with Gasteiger partial charge in [0.25, 0.3) is 0 Å². The van der Waals surface area contributed by atoms with Crippen molar-refractivity contribution in [1.29, 1.82) is 0 Å². The van der Waals surface area contributed by atoms with Crippen LogP contribution >= 0.6 is 0 Å². The molecule has 1 aromatic carbocycles. The fourth-order valence-electron chi connectivity index (χ4n) is 5.67. The molecule has 2 heterocycles. The summed E-state index contributed by atoms with van der Waals surface area (Å²) in [4.78, 5) is 51.2. The standard InChI is InChI=1S/C22H20O8/c1-28-21(26)15-16(22(27)29-2)20-12-7-10-9(6-11(12)19(15)30-20)17(24)8-4-3-5-13(23)14(8)18(10)25/h3-5,9-10,15-16,19-20,23H,6-7H2,1-2H3/t9?,10?,15-,16+,19-,20+/m1/s1. The van der Waals surface area contributed by atoms with Crippen LogP contribution in [0.4, 0.5) is 0 Å². The van der Waals surface area contributed by atoms with Crippen molar-refractivity contribution < 1.29 is 38.5 Å². The Kier molecular flexibility index (Phi) is 4.12. The number of rotatable bonds is 2. The number of phenols is 1. The van der Waals surface area contributed by atoms with Crippen LogP contribution in [0.15, 0.2) is 29.3 Å². The molecule has 1 N–H and O–H groups in total. The van der Waals surface area contributed by atoms with E-state index in [1.165, 1.54) is 20.3 Å². The maximum atomic E-state index is 13.2. The summed E-state index contributed by atoms with van der Waals surface area (Å²) in [5, 5.41) is 10.2. The third-order valence-electron chi connectivity index (χ3n) is 6.97. The molecule has 8 heteroatoms. The molecule has 0 amide bonds. The van der Waals surface area contributed by atoms with Crippen LogP contribution in [0, 0.1) is 23.7 Å². The molecule has 2 aliphatic heterocycles. The average molecular weight is 412 g/mol. The van der Waals surface area contributed by atoms with Crippen LogP contribution in [0.3, 0.4) is 0 Å². The second-order valence-corrected chi connectivity index (χ2v) is 8.18. The number of ether oxygens (including phenoxy) is 3. The molecule has 2 unspecified atom stereocenters. The molecule has 156 valence electrons. The maximum absolute atomic E-state index is 13.2. The van der Waals surface area contributed by atoms with Crippen LogP contribution in [-0.2, 0) is 23.8 Å². The molecule has 30 heavy (non-hydrogen) atoms. The lowest BCUT2D eigenvalue weighted by atomic mass is 9.61. The zero-order valence-corrected chi connectivity index (χ0v) is 16.4. The number of methoxy groups -OCH3 is 2. The fraction of sp³-hybridized carbons (Fsp3) is 0.455. The summed E-state index contributed by atoms with van der Waals surface area (Å²) >= 11 is 0. The van der Waals surface area contributed by atoms with Crippen molar-refractivity contribution in [3.8, 4) is 5.75 Å². The Balaban J connectivity index is 1.56. The molecule has 0 radical (unpaired) electrons. The van der Waals surface area contributed by atoms with E-state index in [9.17, 15) is 24.3 Å². The molecular weight excluding hydrogens is 392 g/mol. The van der Waals surface area contributed by atoms with Crippen LogP contribution in [-0.4, -0.2) is 55.0 Å². The Bertz CT molecular complexity index is 1040. The summed E-state index contributed by atoms with van der Waals surface area (Å²) in [6, 6.07) is 4.49. The Morgan fingerprint density at radius 3 is 2.00 bits per heavy atom. The van der Waals surface area contributed by atoms with Gasteiger partial charge in [-0.15, -0.1) is 0 Å². The Hall–Kier alpha value is -3.00. The lowest BCUT2D eigenvalue weighted by molar-refractivity contribution is -0.156. The molecule has 1 saturated heterocycles. The molecule has 2 bridgehead atoms. The van der Waals surface area contributed by atoms with Crippen molar-refractivity contribution in [2.45, 2.75) is 25.0 Å². The molecule has 1 fully saturated rings. The van der Waals surface area contributed by atoms with E-state index in [2.05, 4.69) is 0 Å². The van der Waals surface area contributed by atoms with Gasteiger partial charge in [0.15, 0.2) is 11.6 Å². The highest BCUT2D eigenvalue weighted by Crippen LogP contribution is 2.56. The maximum Gasteiger partial charge on any atom is 0.312 e. The number of phenolic OH excluding ortho intramolecular Hbond substituents is 1. The minimum absolute atomic E-state index is 0.0637. The Morgan fingerprint density at radius 1 is 0.933 bits per heavy atom. The topological polar surface area (TPSA) is 116 Å². The molecular formula is C22H20O8. The van der Waals surface area contributed by atoms with Crippen LogP contribution in [0.5, 0.6) is 5.75 Å². The second-order valence-electron chi connectivity index (χ2n) is 8.18. The van der Waals surface area contributed by atoms with Crippen LogP contribution in [0.25, 0.3) is 0 Å². The average Bonchev–Trinajstić information content (AvgIpc) is 3.32. The molecule has 0 spiro atoms. The van der Waals surface area contributed by atoms with E-state index in [1.807, 2.05) is 0 Å². The van der Waals surface area contributed by atoms with Crippen LogP contribution in [0.1, 0.15) is 33.6 Å². The highest BCUT2D eigenvalue weighted by molar-refractivity contribution is 6.17. The first-order valence-corrected chi connectivity index (χ1v) is 9.82. The predicted octanol–water partition coefficient (Wildman–Crippen LogP) is 1.45. The quantitative estimate of drug-likeness (QED) is 0.573. The summed E-state index contributed by atoms with van der Waals surface area (Å²) in [5.41, 5.74) is 1.89. The molecule has 5 rings (SSSR count). The van der Waals surface area contributed by atoms with Crippen molar-refractivity contribution in [3.05, 3.63) is 40.5 Å². The number of ketones is 2. The number of fused-ring (bicyclic) bond motifs is 6. The Labute approximate surface area is 171 Å². The zero-order chi connectivity index (χ0) is 21.3. The van der Waals surface area contributed by atoms with Crippen molar-refractivity contribution in [3.63, 3.8) is 0 Å². The van der Waals surface area contributed by atoms with Gasteiger partial charge >= 0.3 is 11.9 Å². The first kappa shape index (κ1) is 19.0. The molecule has 0 saturated carbocycles. The molecule has 2 aliphatic carbocycles. The van der Waals surface area contributed by atoms with Gasteiger partial charge in [-0.25, -0.2) is 0 Å². The summed E-state index contributed by atoms with van der Waals surface area (Å²) in [6.45, 7) is 0. The number of benzene rings is 1. The highest BCUT2D eigenvalue weighted by atomic mass is 16.6. The Morgan fingerprint density at radius 2 is 1.47 bits per heavy atom. The number of hydrogen-bond donors (Lipinski definition) is 1. The predicted molar refractivity (Wildman–Crippen MR) is 99.7 cm³/mol. The molecule has 4 aliphatic rings. The van der Waals surface area contributed by atoms with E-state index >= 15 is 0 Å². The summed E-state index contributed by atoms with van der Waals surface area (Å²) in [5.74, 6) is -4.70. The number of hydrogen-bond acceptors (Lipinski definition) is 8. The number of aromatic hydroxyl groups is 1. The van der Waals surface area contributed by atoms with Crippen LogP contribution < -0.4 is 0 Å². The van der Waals surface area contributed by atoms with E-state index < -0.39 is 47.8 Å². The third-order valence-corrected chi connectivity index (χ3v) is 6.97. The molecule has 8 nitrogen and oxygen atoms in total.